The number of carbonyl (C=O) groups is 1. The van der Waals surface area contributed by atoms with Crippen LogP contribution in [0.25, 0.3) is 0 Å². The van der Waals surface area contributed by atoms with Crippen LogP contribution in [0.1, 0.15) is 21.6 Å². The van der Waals surface area contributed by atoms with Gasteiger partial charge in [-0.3, -0.25) is 9.78 Å². The van der Waals surface area contributed by atoms with Crippen LogP contribution < -0.4 is 4.74 Å². The number of carbonyl (C=O) groups excluding carboxylic acids is 1. The summed E-state index contributed by atoms with van der Waals surface area (Å²) < 4.78 is 18.8. The number of pyridine rings is 1. The van der Waals surface area contributed by atoms with Gasteiger partial charge in [-0.25, -0.2) is 14.4 Å². The van der Waals surface area contributed by atoms with Crippen LogP contribution in [0.3, 0.4) is 0 Å². The third-order valence-corrected chi connectivity index (χ3v) is 3.25. The summed E-state index contributed by atoms with van der Waals surface area (Å²) in [6, 6.07) is 8.86. The first-order valence-corrected chi connectivity index (χ1v) is 7.26. The van der Waals surface area contributed by atoms with Crippen molar-refractivity contribution in [3.63, 3.8) is 0 Å². The molecule has 2 aromatic heterocycles. The van der Waals surface area contributed by atoms with Crippen LogP contribution in [0.15, 0.2) is 55.2 Å². The molecule has 7 heteroatoms. The molecule has 0 aliphatic carbocycles. The van der Waals surface area contributed by atoms with Gasteiger partial charge in [0.1, 0.15) is 17.9 Å². The van der Waals surface area contributed by atoms with E-state index >= 15 is 0 Å². The lowest BCUT2D eigenvalue weighted by atomic mass is 10.0. The van der Waals surface area contributed by atoms with E-state index in [1.165, 1.54) is 55.2 Å². The molecular formula is C18H11FN4O2. The Morgan fingerprint density at radius 2 is 1.96 bits per heavy atom. The van der Waals surface area contributed by atoms with E-state index in [1.54, 1.807) is 0 Å². The molecule has 6 nitrogen and oxygen atoms in total. The van der Waals surface area contributed by atoms with Crippen LogP contribution in [0, 0.1) is 17.1 Å². The fourth-order valence-electron chi connectivity index (χ4n) is 2.17. The van der Waals surface area contributed by atoms with E-state index in [0.717, 1.165) is 0 Å². The maximum absolute atomic E-state index is 13.2. The summed E-state index contributed by atoms with van der Waals surface area (Å²) in [5.41, 5.74) is 0.855. The van der Waals surface area contributed by atoms with Crippen molar-refractivity contribution in [3.8, 4) is 17.6 Å². The van der Waals surface area contributed by atoms with Gasteiger partial charge in [0, 0.05) is 11.8 Å². The van der Waals surface area contributed by atoms with Crippen LogP contribution in [0.2, 0.25) is 0 Å². The number of ketones is 1. The quantitative estimate of drug-likeness (QED) is 0.666. The third kappa shape index (κ3) is 4.20. The summed E-state index contributed by atoms with van der Waals surface area (Å²) in [7, 11) is 0. The molecule has 0 aliphatic heterocycles. The molecular weight excluding hydrogens is 323 g/mol. The first-order valence-electron chi connectivity index (χ1n) is 7.26. The molecule has 3 rings (SSSR count). The number of Topliss-reactive ketones (excluding diaryl/α,β-unsaturated/α-hetero) is 1. The maximum atomic E-state index is 13.2. The fraction of sp³-hybridized carbons (Fsp3) is 0.0556. The molecule has 2 heterocycles. The second-order valence-corrected chi connectivity index (χ2v) is 5.10. The lowest BCUT2D eigenvalue weighted by Gasteiger charge is -2.08. The highest BCUT2D eigenvalue weighted by molar-refractivity contribution is 5.98. The Morgan fingerprint density at radius 1 is 1.16 bits per heavy atom. The van der Waals surface area contributed by atoms with E-state index in [-0.39, 0.29) is 23.3 Å². The number of nitriles is 1. The summed E-state index contributed by atoms with van der Waals surface area (Å²) in [6.45, 7) is 0. The van der Waals surface area contributed by atoms with E-state index in [1.807, 2.05) is 6.07 Å². The van der Waals surface area contributed by atoms with Crippen molar-refractivity contribution in [2.45, 2.75) is 6.42 Å². The second-order valence-electron chi connectivity index (χ2n) is 5.10. The van der Waals surface area contributed by atoms with Crippen LogP contribution in [0.4, 0.5) is 4.39 Å². The zero-order valence-electron chi connectivity index (χ0n) is 12.9. The predicted octanol–water partition coefficient (Wildman–Crippen LogP) is 3.10. The van der Waals surface area contributed by atoms with Crippen molar-refractivity contribution in [1.82, 2.24) is 15.0 Å². The van der Waals surface area contributed by atoms with Crippen LogP contribution in [0.5, 0.6) is 11.5 Å². The normalized spacial score (nSPS) is 10.1. The molecule has 0 unspecified atom stereocenters. The van der Waals surface area contributed by atoms with Gasteiger partial charge in [-0.2, -0.15) is 5.26 Å². The zero-order chi connectivity index (χ0) is 17.6. The number of rotatable bonds is 5. The first kappa shape index (κ1) is 16.2. The van der Waals surface area contributed by atoms with Gasteiger partial charge in [0.25, 0.3) is 0 Å². The SMILES string of the molecule is N#Cc1cc(Oc2cncnc2)cc(C(=O)Cc2cc(F)ccn2)c1. The lowest BCUT2D eigenvalue weighted by Crippen LogP contribution is -2.06. The Hall–Kier alpha value is -3.66. The minimum atomic E-state index is -0.461. The van der Waals surface area contributed by atoms with Gasteiger partial charge in [0.15, 0.2) is 11.5 Å². The average Bonchev–Trinajstić information content (AvgIpc) is 2.62. The predicted molar refractivity (Wildman–Crippen MR) is 85.5 cm³/mol. The van der Waals surface area contributed by atoms with Crippen LogP contribution in [-0.4, -0.2) is 20.7 Å². The third-order valence-electron chi connectivity index (χ3n) is 3.25. The molecule has 0 saturated carbocycles. The van der Waals surface area contributed by atoms with Crippen molar-refractivity contribution in [3.05, 3.63) is 77.9 Å². The number of benzene rings is 1. The second kappa shape index (κ2) is 7.27. The minimum Gasteiger partial charge on any atom is -0.454 e. The van der Waals surface area contributed by atoms with Crippen LogP contribution in [-0.2, 0) is 6.42 Å². The van der Waals surface area contributed by atoms with Crippen molar-refractivity contribution in [2.75, 3.05) is 0 Å². The summed E-state index contributed by atoms with van der Waals surface area (Å²) in [4.78, 5) is 24.1. The monoisotopic (exact) mass is 334 g/mol. The van der Waals surface area contributed by atoms with Crippen LogP contribution >= 0.6 is 0 Å². The summed E-state index contributed by atoms with van der Waals surface area (Å²) in [5, 5.41) is 9.16. The van der Waals surface area contributed by atoms with Gasteiger partial charge < -0.3 is 4.74 Å². The summed E-state index contributed by atoms with van der Waals surface area (Å²) >= 11 is 0. The zero-order valence-corrected chi connectivity index (χ0v) is 12.9. The van der Waals surface area contributed by atoms with Crippen molar-refractivity contribution >= 4 is 5.78 Å². The maximum Gasteiger partial charge on any atom is 0.168 e. The Kier molecular flexibility index (Phi) is 4.72. The van der Waals surface area contributed by atoms with E-state index < -0.39 is 5.82 Å². The Balaban J connectivity index is 1.86. The van der Waals surface area contributed by atoms with E-state index in [0.29, 0.717) is 17.2 Å². The number of nitrogens with zero attached hydrogens (tertiary/aromatic N) is 4. The lowest BCUT2D eigenvalue weighted by molar-refractivity contribution is 0.0991. The number of aromatic nitrogens is 3. The molecule has 3 aromatic rings. The molecule has 1 aromatic carbocycles. The van der Waals surface area contributed by atoms with E-state index in [4.69, 9.17) is 10.00 Å². The topological polar surface area (TPSA) is 88.8 Å². The number of halogens is 1. The van der Waals surface area contributed by atoms with Crippen molar-refractivity contribution in [2.24, 2.45) is 0 Å². The van der Waals surface area contributed by atoms with Gasteiger partial charge in [-0.1, -0.05) is 0 Å². The van der Waals surface area contributed by atoms with Gasteiger partial charge in [-0.15, -0.1) is 0 Å². The van der Waals surface area contributed by atoms with Crippen molar-refractivity contribution < 1.29 is 13.9 Å². The minimum absolute atomic E-state index is 0.0828. The summed E-state index contributed by atoms with van der Waals surface area (Å²) in [6.07, 6.45) is 5.50. The van der Waals surface area contributed by atoms with E-state index in [2.05, 4.69) is 15.0 Å². The molecule has 0 bridgehead atoms. The first-order chi connectivity index (χ1) is 12.1. The highest BCUT2D eigenvalue weighted by Gasteiger charge is 2.12. The van der Waals surface area contributed by atoms with Gasteiger partial charge in [-0.05, 0) is 30.3 Å². The molecule has 0 radical (unpaired) electrons. The molecule has 0 saturated heterocycles. The molecule has 0 N–H and O–H groups in total. The highest BCUT2D eigenvalue weighted by atomic mass is 19.1. The average molecular weight is 334 g/mol. The van der Waals surface area contributed by atoms with Crippen molar-refractivity contribution in [1.29, 1.82) is 5.26 Å². The molecule has 0 fully saturated rings. The fourth-order valence-corrected chi connectivity index (χ4v) is 2.17. The molecule has 25 heavy (non-hydrogen) atoms. The summed E-state index contributed by atoms with van der Waals surface area (Å²) in [5.74, 6) is -0.0757. The molecule has 122 valence electrons. The number of ether oxygens (including phenoxy) is 1. The number of hydrogen-bond donors (Lipinski definition) is 0. The number of hydrogen-bond acceptors (Lipinski definition) is 6. The molecule has 0 atom stereocenters. The van der Waals surface area contributed by atoms with Gasteiger partial charge in [0.2, 0.25) is 0 Å². The standard InChI is InChI=1S/C18H11FN4O2/c19-14-1-2-23-15(6-14)7-18(24)13-3-12(8-20)4-16(5-13)25-17-9-21-11-22-10-17/h1-6,9-11H,7H2. The largest absolute Gasteiger partial charge is 0.454 e. The molecule has 0 amide bonds. The highest BCUT2D eigenvalue weighted by Crippen LogP contribution is 2.23. The molecule has 0 spiro atoms. The molecule has 0 aliphatic rings. The Labute approximate surface area is 142 Å². The van der Waals surface area contributed by atoms with Gasteiger partial charge in [0.05, 0.1) is 36.1 Å². The Morgan fingerprint density at radius 3 is 2.68 bits per heavy atom. The van der Waals surface area contributed by atoms with E-state index in [9.17, 15) is 9.18 Å². The van der Waals surface area contributed by atoms with Gasteiger partial charge >= 0.3 is 0 Å². The Bertz CT molecular complexity index is 955. The smallest absolute Gasteiger partial charge is 0.168 e.